The molecule has 0 fully saturated rings. The van der Waals surface area contributed by atoms with E-state index in [1.54, 1.807) is 6.07 Å². The summed E-state index contributed by atoms with van der Waals surface area (Å²) in [5, 5.41) is 0. The summed E-state index contributed by atoms with van der Waals surface area (Å²) >= 11 is 0. The summed E-state index contributed by atoms with van der Waals surface area (Å²) in [6.07, 6.45) is 0. The zero-order valence-electron chi connectivity index (χ0n) is 13.5. The minimum absolute atomic E-state index is 0.00611. The molecule has 0 aliphatic rings. The first-order valence-corrected chi connectivity index (χ1v) is 7.09. The molecule has 0 radical (unpaired) electrons. The van der Waals surface area contributed by atoms with Gasteiger partial charge in [0, 0.05) is 17.6 Å². The Morgan fingerprint density at radius 2 is 1.63 bits per heavy atom. The molecule has 0 aliphatic heterocycles. The van der Waals surface area contributed by atoms with Crippen LogP contribution in [0.25, 0.3) is 0 Å². The summed E-state index contributed by atoms with van der Waals surface area (Å²) in [5.41, 5.74) is 1.88. The van der Waals surface area contributed by atoms with E-state index in [9.17, 15) is 4.39 Å². The zero-order chi connectivity index (χ0) is 14.8. The topological polar surface area (TPSA) is 3.24 Å². The molecule has 0 heterocycles. The summed E-state index contributed by atoms with van der Waals surface area (Å²) in [6.45, 7) is 16.5. The predicted octanol–water partition coefficient (Wildman–Crippen LogP) is 4.74. The van der Waals surface area contributed by atoms with Crippen LogP contribution in [0, 0.1) is 5.82 Å². The van der Waals surface area contributed by atoms with E-state index in [0.717, 1.165) is 17.7 Å². The van der Waals surface area contributed by atoms with Crippen molar-refractivity contribution in [3.8, 4) is 0 Å². The highest BCUT2D eigenvalue weighted by Gasteiger charge is 2.22. The van der Waals surface area contributed by atoms with Crippen molar-refractivity contribution in [3.05, 3.63) is 35.1 Å². The fourth-order valence-corrected chi connectivity index (χ4v) is 2.17. The van der Waals surface area contributed by atoms with Crippen LogP contribution in [0.1, 0.15) is 59.6 Å². The average Bonchev–Trinajstić information content (AvgIpc) is 2.24. The maximum absolute atomic E-state index is 14.2. The van der Waals surface area contributed by atoms with Gasteiger partial charge >= 0.3 is 0 Å². The van der Waals surface area contributed by atoms with Gasteiger partial charge in [-0.1, -0.05) is 39.8 Å². The molecular weight excluding hydrogens is 237 g/mol. The van der Waals surface area contributed by atoms with E-state index in [1.807, 2.05) is 6.07 Å². The standard InChI is InChI=1S/C17H28FN/c1-8-19(17(5,6)7)12-13-9-10-14(11-15(13)18)16(2,3)4/h9-11H,8,12H2,1-7H3. The van der Waals surface area contributed by atoms with Gasteiger partial charge in [-0.2, -0.15) is 0 Å². The molecule has 0 aromatic heterocycles. The predicted molar refractivity (Wildman–Crippen MR) is 80.9 cm³/mol. The van der Waals surface area contributed by atoms with Crippen molar-refractivity contribution in [1.82, 2.24) is 4.90 Å². The van der Waals surface area contributed by atoms with E-state index in [1.165, 1.54) is 0 Å². The molecule has 2 heteroatoms. The fourth-order valence-electron chi connectivity index (χ4n) is 2.17. The third-order valence-electron chi connectivity index (χ3n) is 3.61. The lowest BCUT2D eigenvalue weighted by atomic mass is 9.86. The molecule has 19 heavy (non-hydrogen) atoms. The molecule has 1 aromatic carbocycles. The second-order valence-corrected chi connectivity index (χ2v) is 7.24. The van der Waals surface area contributed by atoms with Gasteiger partial charge in [0.05, 0.1) is 0 Å². The average molecular weight is 265 g/mol. The Kier molecular flexibility index (Phi) is 4.78. The zero-order valence-corrected chi connectivity index (χ0v) is 13.5. The van der Waals surface area contributed by atoms with Crippen LogP contribution in [-0.4, -0.2) is 17.0 Å². The van der Waals surface area contributed by atoms with Gasteiger partial charge in [0.25, 0.3) is 0 Å². The van der Waals surface area contributed by atoms with E-state index in [-0.39, 0.29) is 16.8 Å². The molecule has 0 spiro atoms. The van der Waals surface area contributed by atoms with Gasteiger partial charge in [0.2, 0.25) is 0 Å². The van der Waals surface area contributed by atoms with Crippen molar-refractivity contribution in [2.24, 2.45) is 0 Å². The van der Waals surface area contributed by atoms with Crippen molar-refractivity contribution >= 4 is 0 Å². The van der Waals surface area contributed by atoms with Crippen molar-refractivity contribution in [2.75, 3.05) is 6.54 Å². The number of hydrogen-bond donors (Lipinski definition) is 0. The van der Waals surface area contributed by atoms with Crippen molar-refractivity contribution in [2.45, 2.75) is 66.0 Å². The lowest BCUT2D eigenvalue weighted by molar-refractivity contribution is 0.134. The lowest BCUT2D eigenvalue weighted by Gasteiger charge is -2.35. The molecule has 108 valence electrons. The van der Waals surface area contributed by atoms with Gasteiger partial charge in [0.1, 0.15) is 5.82 Å². The molecular formula is C17H28FN. The molecule has 1 rings (SSSR count). The molecule has 1 aromatic rings. The summed E-state index contributed by atoms with van der Waals surface area (Å²) in [4.78, 5) is 2.28. The van der Waals surface area contributed by atoms with Crippen LogP contribution in [0.5, 0.6) is 0 Å². The first kappa shape index (κ1) is 16.2. The summed E-state index contributed by atoms with van der Waals surface area (Å²) in [6, 6.07) is 5.67. The number of nitrogens with zero attached hydrogens (tertiary/aromatic N) is 1. The number of benzene rings is 1. The smallest absolute Gasteiger partial charge is 0.127 e. The van der Waals surface area contributed by atoms with Gasteiger partial charge in [-0.25, -0.2) is 4.39 Å². The Morgan fingerprint density at radius 1 is 1.05 bits per heavy atom. The molecule has 0 N–H and O–H groups in total. The molecule has 0 saturated heterocycles. The summed E-state index contributed by atoms with van der Waals surface area (Å²) in [7, 11) is 0. The van der Waals surface area contributed by atoms with Gasteiger partial charge < -0.3 is 0 Å². The fraction of sp³-hybridized carbons (Fsp3) is 0.647. The van der Waals surface area contributed by atoms with Crippen LogP contribution >= 0.6 is 0 Å². The van der Waals surface area contributed by atoms with E-state index in [4.69, 9.17) is 0 Å². The quantitative estimate of drug-likeness (QED) is 0.762. The number of rotatable bonds is 3. The summed E-state index contributed by atoms with van der Waals surface area (Å²) in [5.74, 6) is -0.0878. The maximum atomic E-state index is 14.2. The Labute approximate surface area is 117 Å². The first-order valence-electron chi connectivity index (χ1n) is 7.09. The molecule has 1 nitrogen and oxygen atoms in total. The van der Waals surface area contributed by atoms with Gasteiger partial charge in [0.15, 0.2) is 0 Å². The minimum Gasteiger partial charge on any atom is -0.294 e. The van der Waals surface area contributed by atoms with Gasteiger partial charge in [-0.05, 0) is 44.4 Å². The number of halogens is 1. The highest BCUT2D eigenvalue weighted by Crippen LogP contribution is 2.25. The van der Waals surface area contributed by atoms with Gasteiger partial charge in [-0.15, -0.1) is 0 Å². The SMILES string of the molecule is CCN(Cc1ccc(C(C)(C)C)cc1F)C(C)(C)C. The summed E-state index contributed by atoms with van der Waals surface area (Å²) < 4.78 is 14.2. The van der Waals surface area contributed by atoms with Crippen LogP contribution < -0.4 is 0 Å². The van der Waals surface area contributed by atoms with Crippen molar-refractivity contribution in [3.63, 3.8) is 0 Å². The lowest BCUT2D eigenvalue weighted by Crippen LogP contribution is -2.40. The number of hydrogen-bond acceptors (Lipinski definition) is 1. The normalized spacial score (nSPS) is 13.1. The monoisotopic (exact) mass is 265 g/mol. The van der Waals surface area contributed by atoms with Crippen LogP contribution in [0.4, 0.5) is 4.39 Å². The largest absolute Gasteiger partial charge is 0.294 e. The van der Waals surface area contributed by atoms with E-state index in [2.05, 4.69) is 59.4 Å². The Bertz CT molecular complexity index is 424. The molecule has 0 saturated carbocycles. The van der Waals surface area contributed by atoms with E-state index in [0.29, 0.717) is 6.54 Å². The molecule has 0 bridgehead atoms. The van der Waals surface area contributed by atoms with Crippen LogP contribution in [0.3, 0.4) is 0 Å². The molecule has 0 unspecified atom stereocenters. The molecule has 0 amide bonds. The second-order valence-electron chi connectivity index (χ2n) is 7.24. The van der Waals surface area contributed by atoms with E-state index >= 15 is 0 Å². The van der Waals surface area contributed by atoms with Gasteiger partial charge in [-0.3, -0.25) is 4.90 Å². The van der Waals surface area contributed by atoms with Crippen molar-refractivity contribution < 1.29 is 4.39 Å². The van der Waals surface area contributed by atoms with E-state index < -0.39 is 0 Å². The third kappa shape index (κ3) is 4.31. The Hall–Kier alpha value is -0.890. The highest BCUT2D eigenvalue weighted by molar-refractivity contribution is 5.29. The minimum atomic E-state index is -0.0878. The molecule has 0 atom stereocenters. The van der Waals surface area contributed by atoms with Crippen LogP contribution in [0.2, 0.25) is 0 Å². The Balaban J connectivity index is 2.98. The third-order valence-corrected chi connectivity index (χ3v) is 3.61. The van der Waals surface area contributed by atoms with Crippen LogP contribution in [0.15, 0.2) is 18.2 Å². The maximum Gasteiger partial charge on any atom is 0.127 e. The first-order chi connectivity index (χ1) is 8.55. The Morgan fingerprint density at radius 3 is 2.00 bits per heavy atom. The highest BCUT2D eigenvalue weighted by atomic mass is 19.1. The second kappa shape index (κ2) is 5.62. The van der Waals surface area contributed by atoms with Crippen LogP contribution in [-0.2, 0) is 12.0 Å². The van der Waals surface area contributed by atoms with Crippen molar-refractivity contribution in [1.29, 1.82) is 0 Å². The molecule has 0 aliphatic carbocycles.